The quantitative estimate of drug-likeness (QED) is 0.696. The summed E-state index contributed by atoms with van der Waals surface area (Å²) in [5.41, 5.74) is 6.24. The van der Waals surface area contributed by atoms with Gasteiger partial charge in [0.15, 0.2) is 0 Å². The maximum Gasteiger partial charge on any atom is 0.224 e. The lowest BCUT2D eigenvalue weighted by Crippen LogP contribution is -2.27. The molecule has 1 aromatic carbocycles. The summed E-state index contributed by atoms with van der Waals surface area (Å²) < 4.78 is 5.17. The van der Waals surface area contributed by atoms with Crippen molar-refractivity contribution in [3.8, 4) is 5.75 Å². The number of benzene rings is 1. The maximum atomic E-state index is 11.5. The van der Waals surface area contributed by atoms with E-state index in [0.717, 1.165) is 17.7 Å². The van der Waals surface area contributed by atoms with Crippen LogP contribution in [-0.4, -0.2) is 26.1 Å². The molecule has 1 amide bonds. The van der Waals surface area contributed by atoms with Crippen molar-refractivity contribution in [2.75, 3.05) is 20.2 Å². The van der Waals surface area contributed by atoms with Gasteiger partial charge in [-0.2, -0.15) is 0 Å². The molecule has 0 aliphatic heterocycles. The van der Waals surface area contributed by atoms with E-state index in [0.29, 0.717) is 19.5 Å². The van der Waals surface area contributed by atoms with Crippen LogP contribution < -0.4 is 15.8 Å². The van der Waals surface area contributed by atoms with Gasteiger partial charge in [-0.1, -0.05) is 18.2 Å². The molecule has 4 heteroatoms. The Kier molecular flexibility index (Phi) is 5.36. The van der Waals surface area contributed by atoms with Gasteiger partial charge in [-0.05, 0) is 19.0 Å². The molecule has 0 saturated heterocycles. The van der Waals surface area contributed by atoms with Gasteiger partial charge in [-0.25, -0.2) is 0 Å². The molecule has 0 aliphatic rings. The van der Waals surface area contributed by atoms with Crippen molar-refractivity contribution in [3.05, 3.63) is 29.8 Å². The van der Waals surface area contributed by atoms with E-state index >= 15 is 0 Å². The zero-order chi connectivity index (χ0) is 11.8. The van der Waals surface area contributed by atoms with Gasteiger partial charge < -0.3 is 15.8 Å². The summed E-state index contributed by atoms with van der Waals surface area (Å²) in [4.78, 5) is 11.5. The standard InChI is InChI=1S/C12H18N2O2/c1-16-11-6-3-2-5-10(11)9-12(15)14-8-4-7-13/h2-3,5-6H,4,7-9,13H2,1H3,(H,14,15). The number of hydrogen-bond donors (Lipinski definition) is 2. The molecule has 0 aliphatic carbocycles. The minimum Gasteiger partial charge on any atom is -0.496 e. The van der Waals surface area contributed by atoms with Gasteiger partial charge in [0.2, 0.25) is 5.91 Å². The summed E-state index contributed by atoms with van der Waals surface area (Å²) in [7, 11) is 1.60. The number of amides is 1. The number of carbonyl (C=O) groups excluding carboxylic acids is 1. The van der Waals surface area contributed by atoms with Gasteiger partial charge in [-0.15, -0.1) is 0 Å². The molecule has 0 bridgehead atoms. The largest absolute Gasteiger partial charge is 0.496 e. The lowest BCUT2D eigenvalue weighted by Gasteiger charge is -2.08. The summed E-state index contributed by atoms with van der Waals surface area (Å²) in [6.07, 6.45) is 1.15. The second kappa shape index (κ2) is 6.85. The lowest BCUT2D eigenvalue weighted by molar-refractivity contribution is -0.120. The minimum absolute atomic E-state index is 0.00190. The predicted octanol–water partition coefficient (Wildman–Crippen LogP) is 0.703. The van der Waals surface area contributed by atoms with Crippen LogP contribution in [0.3, 0.4) is 0 Å². The molecule has 0 saturated carbocycles. The molecule has 0 fully saturated rings. The molecule has 0 aromatic heterocycles. The van der Waals surface area contributed by atoms with Crippen molar-refractivity contribution in [1.82, 2.24) is 5.32 Å². The zero-order valence-corrected chi connectivity index (χ0v) is 9.53. The topological polar surface area (TPSA) is 64.3 Å². The van der Waals surface area contributed by atoms with Gasteiger partial charge in [0.05, 0.1) is 13.5 Å². The smallest absolute Gasteiger partial charge is 0.224 e. The van der Waals surface area contributed by atoms with Crippen LogP contribution in [0.4, 0.5) is 0 Å². The molecular weight excluding hydrogens is 204 g/mol. The number of para-hydroxylation sites is 1. The minimum atomic E-state index is -0.00190. The molecule has 0 unspecified atom stereocenters. The SMILES string of the molecule is COc1ccccc1CC(=O)NCCCN. The number of nitrogens with one attached hydrogen (secondary N) is 1. The average Bonchev–Trinajstić information content (AvgIpc) is 2.30. The predicted molar refractivity (Wildman–Crippen MR) is 63.4 cm³/mol. The number of nitrogens with two attached hydrogens (primary N) is 1. The highest BCUT2D eigenvalue weighted by Gasteiger charge is 2.06. The van der Waals surface area contributed by atoms with Crippen molar-refractivity contribution >= 4 is 5.91 Å². The van der Waals surface area contributed by atoms with Gasteiger partial charge in [-0.3, -0.25) is 4.79 Å². The van der Waals surface area contributed by atoms with Crippen LogP contribution in [0.2, 0.25) is 0 Å². The van der Waals surface area contributed by atoms with Crippen LogP contribution in [0, 0.1) is 0 Å². The number of hydrogen-bond acceptors (Lipinski definition) is 3. The first-order valence-electron chi connectivity index (χ1n) is 5.36. The summed E-state index contributed by atoms with van der Waals surface area (Å²) in [6.45, 7) is 1.22. The van der Waals surface area contributed by atoms with Crippen LogP contribution in [0.5, 0.6) is 5.75 Å². The van der Waals surface area contributed by atoms with Gasteiger partial charge in [0.25, 0.3) is 0 Å². The summed E-state index contributed by atoms with van der Waals surface area (Å²) >= 11 is 0. The van der Waals surface area contributed by atoms with Crippen molar-refractivity contribution in [3.63, 3.8) is 0 Å². The number of rotatable bonds is 6. The molecular formula is C12H18N2O2. The van der Waals surface area contributed by atoms with Crippen LogP contribution in [0.25, 0.3) is 0 Å². The van der Waals surface area contributed by atoms with Crippen molar-refractivity contribution < 1.29 is 9.53 Å². The molecule has 0 radical (unpaired) electrons. The number of carbonyl (C=O) groups is 1. The van der Waals surface area contributed by atoms with Crippen LogP contribution in [0.1, 0.15) is 12.0 Å². The van der Waals surface area contributed by atoms with E-state index in [1.54, 1.807) is 7.11 Å². The van der Waals surface area contributed by atoms with Gasteiger partial charge in [0.1, 0.15) is 5.75 Å². The fourth-order valence-electron chi connectivity index (χ4n) is 1.41. The van der Waals surface area contributed by atoms with Crippen molar-refractivity contribution in [1.29, 1.82) is 0 Å². The highest BCUT2D eigenvalue weighted by molar-refractivity contribution is 5.79. The average molecular weight is 222 g/mol. The lowest BCUT2D eigenvalue weighted by atomic mass is 10.1. The first kappa shape index (κ1) is 12.5. The monoisotopic (exact) mass is 222 g/mol. The van der Waals surface area contributed by atoms with E-state index in [1.165, 1.54) is 0 Å². The Hall–Kier alpha value is -1.55. The first-order chi connectivity index (χ1) is 7.77. The fraction of sp³-hybridized carbons (Fsp3) is 0.417. The normalized spacial score (nSPS) is 9.88. The number of ether oxygens (including phenoxy) is 1. The Labute approximate surface area is 95.8 Å². The molecule has 88 valence electrons. The third-order valence-corrected chi connectivity index (χ3v) is 2.25. The third-order valence-electron chi connectivity index (χ3n) is 2.25. The first-order valence-corrected chi connectivity index (χ1v) is 5.36. The summed E-state index contributed by atoms with van der Waals surface area (Å²) in [5.74, 6) is 0.745. The summed E-state index contributed by atoms with van der Waals surface area (Å²) in [6, 6.07) is 7.52. The van der Waals surface area contributed by atoms with Crippen LogP contribution in [-0.2, 0) is 11.2 Å². The Morgan fingerprint density at radius 1 is 1.44 bits per heavy atom. The van der Waals surface area contributed by atoms with E-state index < -0.39 is 0 Å². The maximum absolute atomic E-state index is 11.5. The van der Waals surface area contributed by atoms with Crippen LogP contribution >= 0.6 is 0 Å². The van der Waals surface area contributed by atoms with Gasteiger partial charge >= 0.3 is 0 Å². The second-order valence-corrected chi connectivity index (χ2v) is 3.48. The van der Waals surface area contributed by atoms with E-state index in [2.05, 4.69) is 5.32 Å². The van der Waals surface area contributed by atoms with E-state index in [9.17, 15) is 4.79 Å². The number of methoxy groups -OCH3 is 1. The highest BCUT2D eigenvalue weighted by atomic mass is 16.5. The Bertz CT molecular complexity index is 340. The molecule has 3 N–H and O–H groups in total. The molecule has 0 atom stereocenters. The Morgan fingerprint density at radius 2 is 2.19 bits per heavy atom. The molecule has 0 spiro atoms. The molecule has 4 nitrogen and oxygen atoms in total. The molecule has 1 aromatic rings. The highest BCUT2D eigenvalue weighted by Crippen LogP contribution is 2.17. The van der Waals surface area contributed by atoms with Crippen molar-refractivity contribution in [2.24, 2.45) is 5.73 Å². The molecule has 1 rings (SSSR count). The van der Waals surface area contributed by atoms with E-state index in [-0.39, 0.29) is 5.91 Å². The Morgan fingerprint density at radius 3 is 2.88 bits per heavy atom. The molecule has 16 heavy (non-hydrogen) atoms. The van der Waals surface area contributed by atoms with Crippen LogP contribution in [0.15, 0.2) is 24.3 Å². The Balaban J connectivity index is 2.49. The van der Waals surface area contributed by atoms with Crippen molar-refractivity contribution in [2.45, 2.75) is 12.8 Å². The second-order valence-electron chi connectivity index (χ2n) is 3.48. The zero-order valence-electron chi connectivity index (χ0n) is 9.53. The molecule has 0 heterocycles. The van der Waals surface area contributed by atoms with Gasteiger partial charge in [0, 0.05) is 12.1 Å². The fourth-order valence-corrected chi connectivity index (χ4v) is 1.41. The van der Waals surface area contributed by atoms with E-state index in [1.807, 2.05) is 24.3 Å². The third kappa shape index (κ3) is 3.90. The van der Waals surface area contributed by atoms with E-state index in [4.69, 9.17) is 10.5 Å². The summed E-state index contributed by atoms with van der Waals surface area (Å²) in [5, 5.41) is 2.81.